The van der Waals surface area contributed by atoms with Crippen molar-refractivity contribution < 1.29 is 14.4 Å². The van der Waals surface area contributed by atoms with Crippen LogP contribution in [0.4, 0.5) is 0 Å². The number of nitrogens with zero attached hydrogens (tertiary/aromatic N) is 2. The Morgan fingerprint density at radius 3 is 3.03 bits per heavy atom. The van der Waals surface area contributed by atoms with Crippen molar-refractivity contribution in [1.29, 1.82) is 0 Å². The summed E-state index contributed by atoms with van der Waals surface area (Å²) in [5.74, 6) is 1.60. The van der Waals surface area contributed by atoms with Gasteiger partial charge in [-0.3, -0.25) is 4.98 Å². The van der Waals surface area contributed by atoms with Crippen molar-refractivity contribution in [1.82, 2.24) is 15.5 Å². The minimum absolute atomic E-state index is 0.493. The molecule has 6 nitrogen and oxygen atoms in total. The molecule has 4 aromatic rings. The summed E-state index contributed by atoms with van der Waals surface area (Å²) in [6.45, 7) is 5.67. The first-order chi connectivity index (χ1) is 16.0. The molecule has 0 aliphatic carbocycles. The van der Waals surface area contributed by atoms with E-state index in [0.29, 0.717) is 17.9 Å². The van der Waals surface area contributed by atoms with Crippen molar-refractivity contribution in [2.45, 2.75) is 51.4 Å². The number of rotatable bonds is 4. The van der Waals surface area contributed by atoms with E-state index in [0.717, 1.165) is 74.1 Å². The zero-order valence-electron chi connectivity index (χ0n) is 18.4. The number of pyridine rings is 1. The van der Waals surface area contributed by atoms with Crippen LogP contribution in [-0.2, 0) is 25.0 Å². The van der Waals surface area contributed by atoms with Crippen LogP contribution in [0.15, 0.2) is 35.0 Å². The number of nitrogens with one attached hydrogen (secondary N) is 1. The largest absolute Gasteiger partial charge is 0.478 e. The van der Waals surface area contributed by atoms with E-state index in [1.165, 1.54) is 0 Å². The van der Waals surface area contributed by atoms with Crippen LogP contribution in [-0.4, -0.2) is 21.8 Å². The summed E-state index contributed by atoms with van der Waals surface area (Å²) in [5.41, 5.74) is 5.30. The molecule has 0 bridgehead atoms. The molecule has 33 heavy (non-hydrogen) atoms. The zero-order valence-corrected chi connectivity index (χ0v) is 20.0. The van der Waals surface area contributed by atoms with Crippen LogP contribution in [0.1, 0.15) is 53.8 Å². The van der Waals surface area contributed by atoms with Gasteiger partial charge in [0.25, 0.3) is 0 Å². The Bertz CT molecular complexity index is 1380. The molecule has 0 saturated carbocycles. The predicted octanol–water partition coefficient (Wildman–Crippen LogP) is 5.54. The molecule has 1 aromatic carbocycles. The van der Waals surface area contributed by atoms with Gasteiger partial charge in [0.2, 0.25) is 0 Å². The van der Waals surface area contributed by atoms with Gasteiger partial charge in [0, 0.05) is 64.3 Å². The zero-order chi connectivity index (χ0) is 22.7. The van der Waals surface area contributed by atoms with Crippen LogP contribution >= 0.6 is 22.9 Å². The first-order valence-corrected chi connectivity index (χ1v) is 12.4. The summed E-state index contributed by atoms with van der Waals surface area (Å²) in [5, 5.41) is 18.8. The van der Waals surface area contributed by atoms with Crippen molar-refractivity contribution >= 4 is 33.2 Å². The fourth-order valence-corrected chi connectivity index (χ4v) is 6.40. The van der Waals surface area contributed by atoms with Crippen LogP contribution in [0, 0.1) is 0 Å². The summed E-state index contributed by atoms with van der Waals surface area (Å²) in [6.07, 6.45) is 3.47. The molecule has 2 aliphatic rings. The molecule has 0 fully saturated rings. The lowest BCUT2D eigenvalue weighted by atomic mass is 9.91. The van der Waals surface area contributed by atoms with Gasteiger partial charge < -0.3 is 19.7 Å². The fourth-order valence-electron chi connectivity index (χ4n) is 4.94. The number of halogens is 1. The summed E-state index contributed by atoms with van der Waals surface area (Å²) < 4.78 is 13.5. The maximum absolute atomic E-state index is 10.4. The quantitative estimate of drug-likeness (QED) is 0.398. The number of fused-ring (bicyclic) bond motifs is 3. The van der Waals surface area contributed by atoms with Crippen molar-refractivity contribution in [2.75, 3.05) is 6.54 Å². The average molecular weight is 482 g/mol. The van der Waals surface area contributed by atoms with E-state index < -0.39 is 11.7 Å². The second-order valence-electron chi connectivity index (χ2n) is 8.96. The van der Waals surface area contributed by atoms with E-state index in [9.17, 15) is 5.11 Å². The fraction of sp³-hybridized carbons (Fsp3) is 0.360. The number of hydrogen-bond acceptors (Lipinski definition) is 7. The molecule has 2 N–H and O–H groups in total. The molecule has 0 radical (unpaired) electrons. The third kappa shape index (κ3) is 3.37. The number of ether oxygens (including phenoxy) is 1. The van der Waals surface area contributed by atoms with Crippen LogP contribution in [0.5, 0.6) is 5.75 Å². The SMILES string of the molecule is CC[C@H](O)c1cc2nccc(-c3cc(Cl)cc4c3O[C@](C)(c3onc5c3CNCC5)C4)c2s1. The lowest BCUT2D eigenvalue weighted by Gasteiger charge is -2.24. The van der Waals surface area contributed by atoms with Crippen molar-refractivity contribution in [3.05, 3.63) is 62.9 Å². The third-order valence-corrected chi connectivity index (χ3v) is 8.09. The van der Waals surface area contributed by atoms with Crippen LogP contribution < -0.4 is 10.1 Å². The highest BCUT2D eigenvalue weighted by atomic mass is 35.5. The number of benzene rings is 1. The van der Waals surface area contributed by atoms with E-state index in [1.807, 2.05) is 31.2 Å². The lowest BCUT2D eigenvalue weighted by Crippen LogP contribution is -2.31. The molecule has 2 aliphatic heterocycles. The smallest absolute Gasteiger partial charge is 0.185 e. The Kier molecular flexibility index (Phi) is 4.99. The molecule has 3 aromatic heterocycles. The minimum Gasteiger partial charge on any atom is -0.478 e. The second kappa shape index (κ2) is 7.81. The molecule has 2 atom stereocenters. The van der Waals surface area contributed by atoms with Crippen molar-refractivity contribution in [3.8, 4) is 16.9 Å². The maximum atomic E-state index is 10.4. The minimum atomic E-state index is -0.660. The molecule has 170 valence electrons. The Labute approximate surface area is 200 Å². The molecule has 5 heterocycles. The highest BCUT2D eigenvalue weighted by Gasteiger charge is 2.44. The third-order valence-electron chi connectivity index (χ3n) is 6.61. The molecule has 0 saturated heterocycles. The molecular formula is C25H24ClN3O3S. The van der Waals surface area contributed by atoms with Crippen molar-refractivity contribution in [2.24, 2.45) is 0 Å². The van der Waals surface area contributed by atoms with Crippen LogP contribution in [0.3, 0.4) is 0 Å². The number of aliphatic hydroxyl groups is 1. The standard InChI is InChI=1S/C25H24ClN3O3S/c1-3-20(30)21-10-19-23(33-21)15(4-7-28-19)16-9-14(26)8-13-11-25(2,31-22(13)16)24-17-12-27-6-5-18(17)29-32-24/h4,7-10,20,27,30H,3,5-6,11-12H2,1-2H3/t20-,25-/m0/s1. The molecule has 0 amide bonds. The Balaban J connectivity index is 1.47. The maximum Gasteiger partial charge on any atom is 0.185 e. The molecule has 6 rings (SSSR count). The number of aromatic nitrogens is 2. The topological polar surface area (TPSA) is 80.4 Å². The van der Waals surface area contributed by atoms with E-state index in [4.69, 9.17) is 20.9 Å². The van der Waals surface area contributed by atoms with Crippen LogP contribution in [0.2, 0.25) is 5.02 Å². The van der Waals surface area contributed by atoms with Gasteiger partial charge in [0.05, 0.1) is 22.0 Å². The van der Waals surface area contributed by atoms with Crippen LogP contribution in [0.25, 0.3) is 21.3 Å². The molecule has 0 unspecified atom stereocenters. The van der Waals surface area contributed by atoms with Gasteiger partial charge >= 0.3 is 0 Å². The van der Waals surface area contributed by atoms with Crippen molar-refractivity contribution in [3.63, 3.8) is 0 Å². The van der Waals surface area contributed by atoms with Gasteiger partial charge in [-0.1, -0.05) is 23.7 Å². The summed E-state index contributed by atoms with van der Waals surface area (Å²) >= 11 is 8.16. The molecule has 0 spiro atoms. The average Bonchev–Trinajstić information content (AvgIpc) is 3.52. The van der Waals surface area contributed by atoms with E-state index in [2.05, 4.69) is 22.4 Å². The molecular weight excluding hydrogens is 458 g/mol. The highest BCUT2D eigenvalue weighted by molar-refractivity contribution is 7.19. The first-order valence-electron chi connectivity index (χ1n) is 11.2. The summed E-state index contributed by atoms with van der Waals surface area (Å²) in [4.78, 5) is 5.45. The Morgan fingerprint density at radius 1 is 1.30 bits per heavy atom. The second-order valence-corrected chi connectivity index (χ2v) is 10.5. The number of thiophene rings is 1. The lowest BCUT2D eigenvalue weighted by molar-refractivity contribution is 0.0792. The van der Waals surface area contributed by atoms with Gasteiger partial charge in [-0.25, -0.2) is 0 Å². The predicted molar refractivity (Wildman–Crippen MR) is 129 cm³/mol. The highest BCUT2D eigenvalue weighted by Crippen LogP contribution is 2.50. The first kappa shape index (κ1) is 21.1. The summed E-state index contributed by atoms with van der Waals surface area (Å²) in [7, 11) is 0. The van der Waals surface area contributed by atoms with Gasteiger partial charge in [0.15, 0.2) is 11.4 Å². The summed E-state index contributed by atoms with van der Waals surface area (Å²) in [6, 6.07) is 7.90. The number of hydrogen-bond donors (Lipinski definition) is 2. The Morgan fingerprint density at radius 2 is 2.18 bits per heavy atom. The molecule has 8 heteroatoms. The van der Waals surface area contributed by atoms with Gasteiger partial charge in [0.1, 0.15) is 5.75 Å². The van der Waals surface area contributed by atoms with Gasteiger partial charge in [-0.2, -0.15) is 0 Å². The Hall–Kier alpha value is -2.45. The van der Waals surface area contributed by atoms with Gasteiger partial charge in [-0.05, 0) is 37.6 Å². The van der Waals surface area contributed by atoms with E-state index in [1.54, 1.807) is 17.5 Å². The van der Waals surface area contributed by atoms with Gasteiger partial charge in [-0.15, -0.1) is 11.3 Å². The van der Waals surface area contributed by atoms with E-state index >= 15 is 0 Å². The van der Waals surface area contributed by atoms with E-state index in [-0.39, 0.29) is 0 Å². The normalized spacial score (nSPS) is 20.5. The monoisotopic (exact) mass is 481 g/mol. The number of aliphatic hydroxyl groups excluding tert-OH is 1.